The Balaban J connectivity index is 2.57. The van der Waals surface area contributed by atoms with Gasteiger partial charge in [-0.3, -0.25) is 0 Å². The first-order chi connectivity index (χ1) is 6.99. The van der Waals surface area contributed by atoms with Crippen LogP contribution >= 0.6 is 22.6 Å². The van der Waals surface area contributed by atoms with Crippen LogP contribution in [0.15, 0.2) is 0 Å². The second kappa shape index (κ2) is 5.27. The molecule has 1 rings (SSSR count). The van der Waals surface area contributed by atoms with Gasteiger partial charge in [0.05, 0.1) is 31.8 Å². The zero-order valence-electron chi connectivity index (χ0n) is 9.20. The van der Waals surface area contributed by atoms with E-state index in [0.717, 1.165) is 4.43 Å². The van der Waals surface area contributed by atoms with Crippen LogP contribution in [0, 0.1) is 10.8 Å². The van der Waals surface area contributed by atoms with E-state index in [9.17, 15) is 5.11 Å². The van der Waals surface area contributed by atoms with E-state index >= 15 is 0 Å². The molecule has 0 amide bonds. The third-order valence-electron chi connectivity index (χ3n) is 2.78. The van der Waals surface area contributed by atoms with E-state index in [0.29, 0.717) is 13.2 Å². The fraction of sp³-hybridized carbons (Fsp3) is 1.00. The summed E-state index contributed by atoms with van der Waals surface area (Å²) in [7, 11) is 0. The van der Waals surface area contributed by atoms with Gasteiger partial charge in [-0.25, -0.2) is 0 Å². The number of hydrogen-bond acceptors (Lipinski definition) is 4. The summed E-state index contributed by atoms with van der Waals surface area (Å²) in [5, 5.41) is 18.5. The summed E-state index contributed by atoms with van der Waals surface area (Å²) < 4.78 is 11.9. The Morgan fingerprint density at radius 1 is 1.40 bits per heavy atom. The third-order valence-corrected chi connectivity index (χ3v) is 4.53. The summed E-state index contributed by atoms with van der Waals surface area (Å²) in [4.78, 5) is 0. The summed E-state index contributed by atoms with van der Waals surface area (Å²) in [5.41, 5.74) is -0.671. The maximum atomic E-state index is 9.31. The van der Waals surface area contributed by atoms with Crippen LogP contribution in [-0.4, -0.2) is 47.4 Å². The van der Waals surface area contributed by atoms with Crippen molar-refractivity contribution in [1.29, 1.82) is 0 Å². The molecule has 0 aromatic heterocycles. The molecule has 1 unspecified atom stereocenters. The van der Waals surface area contributed by atoms with Gasteiger partial charge >= 0.3 is 0 Å². The molecule has 15 heavy (non-hydrogen) atoms. The van der Waals surface area contributed by atoms with Crippen molar-refractivity contribution in [1.82, 2.24) is 0 Å². The van der Waals surface area contributed by atoms with Gasteiger partial charge in [-0.05, 0) is 0 Å². The molecule has 1 aliphatic heterocycles. The molecule has 0 aliphatic carbocycles. The van der Waals surface area contributed by atoms with Gasteiger partial charge in [-0.2, -0.15) is 0 Å². The molecule has 5 heteroatoms. The predicted octanol–water partition coefficient (Wildman–Crippen LogP) is 0.791. The molecule has 0 aromatic rings. The van der Waals surface area contributed by atoms with Gasteiger partial charge in [0.15, 0.2) is 6.29 Å². The fourth-order valence-corrected chi connectivity index (χ4v) is 1.92. The summed E-state index contributed by atoms with van der Waals surface area (Å²) >= 11 is 2.22. The van der Waals surface area contributed by atoms with Crippen molar-refractivity contribution in [2.45, 2.75) is 20.1 Å². The van der Waals surface area contributed by atoms with Crippen LogP contribution in [0.2, 0.25) is 0 Å². The quantitative estimate of drug-likeness (QED) is 0.591. The van der Waals surface area contributed by atoms with Gasteiger partial charge in [0.1, 0.15) is 0 Å². The molecule has 1 fully saturated rings. The minimum Gasteiger partial charge on any atom is -0.396 e. The normalized spacial score (nSPS) is 36.2. The summed E-state index contributed by atoms with van der Waals surface area (Å²) in [6, 6.07) is 0. The monoisotopic (exact) mass is 330 g/mol. The maximum Gasteiger partial charge on any atom is 0.165 e. The molecule has 90 valence electrons. The second-order valence-corrected chi connectivity index (χ2v) is 5.63. The first-order valence-electron chi connectivity index (χ1n) is 5.00. The van der Waals surface area contributed by atoms with Crippen molar-refractivity contribution >= 4 is 22.6 Å². The number of ether oxygens (including phenoxy) is 2. The van der Waals surface area contributed by atoms with E-state index in [-0.39, 0.29) is 30.3 Å². The Bertz CT molecular complexity index is 198. The van der Waals surface area contributed by atoms with E-state index < -0.39 is 0 Å². The third kappa shape index (κ3) is 3.03. The van der Waals surface area contributed by atoms with Crippen molar-refractivity contribution in [3.63, 3.8) is 0 Å². The van der Waals surface area contributed by atoms with E-state index in [1.54, 1.807) is 0 Å². The van der Waals surface area contributed by atoms with Crippen LogP contribution in [0.1, 0.15) is 13.8 Å². The topological polar surface area (TPSA) is 58.9 Å². The lowest BCUT2D eigenvalue weighted by Gasteiger charge is -2.42. The van der Waals surface area contributed by atoms with Gasteiger partial charge in [0.2, 0.25) is 0 Å². The molecule has 1 atom stereocenters. The van der Waals surface area contributed by atoms with E-state index in [1.165, 1.54) is 0 Å². The molecule has 0 bridgehead atoms. The van der Waals surface area contributed by atoms with Crippen LogP contribution in [0.5, 0.6) is 0 Å². The van der Waals surface area contributed by atoms with Crippen LogP contribution < -0.4 is 0 Å². The average molecular weight is 330 g/mol. The molecule has 0 spiro atoms. The Labute approximate surface area is 104 Å². The van der Waals surface area contributed by atoms with Gasteiger partial charge in [0, 0.05) is 9.84 Å². The van der Waals surface area contributed by atoms with Gasteiger partial charge in [-0.15, -0.1) is 0 Å². The highest BCUT2D eigenvalue weighted by Crippen LogP contribution is 2.33. The minimum atomic E-state index is -0.376. The standard InChI is InChI=1S/C10H19IO4/c1-9(4-12)6-14-8(15-7-9)10(2,3-11)5-13/h8,12-13H,3-7H2,1-2H3. The zero-order valence-corrected chi connectivity index (χ0v) is 11.4. The summed E-state index contributed by atoms with van der Waals surface area (Å²) in [6.45, 7) is 4.90. The molecular weight excluding hydrogens is 311 g/mol. The molecule has 1 aliphatic rings. The Morgan fingerprint density at radius 2 is 1.93 bits per heavy atom. The van der Waals surface area contributed by atoms with E-state index in [2.05, 4.69) is 22.6 Å². The predicted molar refractivity (Wildman–Crippen MR) is 65.0 cm³/mol. The lowest BCUT2D eigenvalue weighted by Crippen LogP contribution is -2.50. The lowest BCUT2D eigenvalue weighted by molar-refractivity contribution is -0.273. The minimum absolute atomic E-state index is 0.0381. The first-order valence-corrected chi connectivity index (χ1v) is 6.53. The van der Waals surface area contributed by atoms with Crippen molar-refractivity contribution in [2.75, 3.05) is 30.9 Å². The molecule has 1 saturated heterocycles. The first kappa shape index (κ1) is 13.6. The van der Waals surface area contributed by atoms with Gasteiger partial charge in [-0.1, -0.05) is 36.4 Å². The van der Waals surface area contributed by atoms with Gasteiger partial charge in [0.25, 0.3) is 0 Å². The van der Waals surface area contributed by atoms with E-state index in [1.807, 2.05) is 13.8 Å². The number of halogens is 1. The highest BCUT2D eigenvalue weighted by molar-refractivity contribution is 14.1. The van der Waals surface area contributed by atoms with Crippen LogP contribution in [0.4, 0.5) is 0 Å². The lowest BCUT2D eigenvalue weighted by atomic mass is 9.89. The average Bonchev–Trinajstić information content (AvgIpc) is 2.29. The SMILES string of the molecule is CC1(CO)COC(C(C)(CO)CI)OC1. The maximum absolute atomic E-state index is 9.31. The van der Waals surface area contributed by atoms with Gasteiger partial charge < -0.3 is 19.7 Å². The highest BCUT2D eigenvalue weighted by Gasteiger charge is 2.41. The molecule has 0 saturated carbocycles. The number of alkyl halides is 1. The van der Waals surface area contributed by atoms with Crippen molar-refractivity contribution in [3.8, 4) is 0 Å². The molecule has 2 N–H and O–H groups in total. The molecule has 0 radical (unpaired) electrons. The molecule has 4 nitrogen and oxygen atoms in total. The Hall–Kier alpha value is 0.570. The van der Waals surface area contributed by atoms with Crippen molar-refractivity contribution < 1.29 is 19.7 Å². The zero-order chi connectivity index (χ0) is 11.5. The Morgan fingerprint density at radius 3 is 2.27 bits per heavy atom. The summed E-state index contributed by atoms with van der Waals surface area (Å²) in [6.07, 6.45) is -0.376. The largest absolute Gasteiger partial charge is 0.396 e. The molecule has 0 aromatic carbocycles. The smallest absolute Gasteiger partial charge is 0.165 e. The van der Waals surface area contributed by atoms with Crippen LogP contribution in [0.3, 0.4) is 0 Å². The Kier molecular flexibility index (Phi) is 4.79. The summed E-state index contributed by atoms with van der Waals surface area (Å²) in [5.74, 6) is 0. The number of hydrogen-bond donors (Lipinski definition) is 2. The van der Waals surface area contributed by atoms with Crippen molar-refractivity contribution in [3.05, 3.63) is 0 Å². The van der Waals surface area contributed by atoms with Crippen molar-refractivity contribution in [2.24, 2.45) is 10.8 Å². The molecular formula is C10H19IO4. The number of aliphatic hydroxyl groups is 2. The highest BCUT2D eigenvalue weighted by atomic mass is 127. The number of aliphatic hydroxyl groups excluding tert-OH is 2. The molecule has 1 heterocycles. The second-order valence-electron chi connectivity index (χ2n) is 4.87. The van der Waals surface area contributed by atoms with Crippen LogP contribution in [0.25, 0.3) is 0 Å². The van der Waals surface area contributed by atoms with E-state index in [4.69, 9.17) is 14.6 Å². The fourth-order valence-electron chi connectivity index (χ4n) is 1.32. The number of rotatable bonds is 4. The van der Waals surface area contributed by atoms with Crippen LogP contribution in [-0.2, 0) is 9.47 Å².